The van der Waals surface area contributed by atoms with Crippen molar-refractivity contribution in [2.75, 3.05) is 17.7 Å². The highest BCUT2D eigenvalue weighted by atomic mass is 35.5. The molecule has 1 aromatic carbocycles. The molecule has 0 aliphatic rings. The molecule has 0 spiro atoms. The number of ether oxygens (including phenoxy) is 1. The molecule has 0 aliphatic heterocycles. The van der Waals surface area contributed by atoms with E-state index in [9.17, 15) is 4.79 Å². The number of carbonyl (C=O) groups is 1. The van der Waals surface area contributed by atoms with Gasteiger partial charge in [-0.2, -0.15) is 0 Å². The van der Waals surface area contributed by atoms with Crippen molar-refractivity contribution in [3.63, 3.8) is 0 Å². The van der Waals surface area contributed by atoms with Crippen molar-refractivity contribution >= 4 is 40.5 Å². The van der Waals surface area contributed by atoms with Crippen LogP contribution in [0.5, 0.6) is 5.88 Å². The Hall–Kier alpha value is -1.98. The normalized spacial score (nSPS) is 11.6. The van der Waals surface area contributed by atoms with Crippen LogP contribution in [0.4, 0.5) is 11.4 Å². The number of nitrogens with zero attached hydrogens (tertiary/aromatic N) is 1. The van der Waals surface area contributed by atoms with Crippen LogP contribution in [-0.4, -0.2) is 24.0 Å². The van der Waals surface area contributed by atoms with Crippen LogP contribution in [0, 0.1) is 0 Å². The molecule has 2 N–H and O–H groups in total. The van der Waals surface area contributed by atoms with E-state index in [-0.39, 0.29) is 5.91 Å². The number of amides is 1. The number of anilines is 2. The summed E-state index contributed by atoms with van der Waals surface area (Å²) < 4.78 is 4.98. The first-order valence-corrected chi connectivity index (χ1v) is 7.27. The summed E-state index contributed by atoms with van der Waals surface area (Å²) in [6.45, 7) is 1.73. The molecule has 5 nitrogen and oxygen atoms in total. The highest BCUT2D eigenvalue weighted by molar-refractivity contribution is 6.35. The topological polar surface area (TPSA) is 63.2 Å². The predicted octanol–water partition coefficient (Wildman–Crippen LogP) is 3.84. The molecule has 0 radical (unpaired) electrons. The van der Waals surface area contributed by atoms with Gasteiger partial charge in [0.05, 0.1) is 29.7 Å². The summed E-state index contributed by atoms with van der Waals surface area (Å²) in [5, 5.41) is 6.70. The van der Waals surface area contributed by atoms with E-state index >= 15 is 0 Å². The average molecular weight is 340 g/mol. The van der Waals surface area contributed by atoms with Crippen LogP contribution in [-0.2, 0) is 4.79 Å². The molecule has 0 bridgehead atoms. The van der Waals surface area contributed by atoms with Gasteiger partial charge >= 0.3 is 0 Å². The van der Waals surface area contributed by atoms with Gasteiger partial charge < -0.3 is 15.4 Å². The summed E-state index contributed by atoms with van der Waals surface area (Å²) in [7, 11) is 1.54. The first-order chi connectivity index (χ1) is 10.5. The monoisotopic (exact) mass is 339 g/mol. The Morgan fingerprint density at radius 1 is 1.27 bits per heavy atom. The van der Waals surface area contributed by atoms with E-state index in [4.69, 9.17) is 27.9 Å². The lowest BCUT2D eigenvalue weighted by Gasteiger charge is -2.16. The third-order valence-electron chi connectivity index (χ3n) is 2.91. The molecule has 0 fully saturated rings. The first kappa shape index (κ1) is 16.4. The lowest BCUT2D eigenvalue weighted by atomic mass is 10.2. The second kappa shape index (κ2) is 7.33. The van der Waals surface area contributed by atoms with Gasteiger partial charge in [0.25, 0.3) is 0 Å². The van der Waals surface area contributed by atoms with E-state index < -0.39 is 6.04 Å². The molecule has 1 amide bonds. The molecule has 1 heterocycles. The van der Waals surface area contributed by atoms with Crippen LogP contribution in [0.2, 0.25) is 10.0 Å². The van der Waals surface area contributed by atoms with Gasteiger partial charge in [0, 0.05) is 11.1 Å². The maximum atomic E-state index is 12.2. The Morgan fingerprint density at radius 2 is 2.05 bits per heavy atom. The Morgan fingerprint density at radius 3 is 2.68 bits per heavy atom. The Labute approximate surface area is 138 Å². The van der Waals surface area contributed by atoms with Gasteiger partial charge in [0.1, 0.15) is 6.04 Å². The zero-order valence-electron chi connectivity index (χ0n) is 12.1. The van der Waals surface area contributed by atoms with Crippen molar-refractivity contribution < 1.29 is 9.53 Å². The van der Waals surface area contributed by atoms with Crippen molar-refractivity contribution in [3.05, 3.63) is 46.6 Å². The van der Waals surface area contributed by atoms with Crippen LogP contribution in [0.1, 0.15) is 6.92 Å². The SMILES string of the molecule is COc1ccc(N[C@@H](C)C(=O)Nc2cc(Cl)ccc2Cl)cn1. The number of benzene rings is 1. The summed E-state index contributed by atoms with van der Waals surface area (Å²) >= 11 is 11.9. The van der Waals surface area contributed by atoms with E-state index in [0.717, 1.165) is 0 Å². The van der Waals surface area contributed by atoms with Crippen LogP contribution < -0.4 is 15.4 Å². The minimum atomic E-state index is -0.481. The fourth-order valence-corrected chi connectivity index (χ4v) is 2.07. The van der Waals surface area contributed by atoms with Gasteiger partial charge in [-0.05, 0) is 31.2 Å². The lowest BCUT2D eigenvalue weighted by Crippen LogP contribution is -2.32. The summed E-state index contributed by atoms with van der Waals surface area (Å²) in [6.07, 6.45) is 1.59. The van der Waals surface area contributed by atoms with Crippen LogP contribution >= 0.6 is 23.2 Å². The maximum Gasteiger partial charge on any atom is 0.246 e. The molecule has 0 unspecified atom stereocenters. The van der Waals surface area contributed by atoms with E-state index in [0.29, 0.717) is 27.3 Å². The quantitative estimate of drug-likeness (QED) is 0.868. The first-order valence-electron chi connectivity index (χ1n) is 6.52. The Bertz CT molecular complexity index is 662. The Kier molecular flexibility index (Phi) is 5.46. The van der Waals surface area contributed by atoms with Gasteiger partial charge in [-0.1, -0.05) is 23.2 Å². The molecule has 0 saturated carbocycles. The number of methoxy groups -OCH3 is 1. The van der Waals surface area contributed by atoms with Gasteiger partial charge in [0.15, 0.2) is 0 Å². The smallest absolute Gasteiger partial charge is 0.246 e. The van der Waals surface area contributed by atoms with Crippen LogP contribution in [0.25, 0.3) is 0 Å². The fourth-order valence-electron chi connectivity index (χ4n) is 1.74. The minimum absolute atomic E-state index is 0.236. The third-order valence-corrected chi connectivity index (χ3v) is 3.47. The lowest BCUT2D eigenvalue weighted by molar-refractivity contribution is -0.116. The zero-order chi connectivity index (χ0) is 16.1. The third kappa shape index (κ3) is 4.26. The Balaban J connectivity index is 2.00. The van der Waals surface area contributed by atoms with Crippen molar-refractivity contribution in [1.82, 2.24) is 4.98 Å². The maximum absolute atomic E-state index is 12.2. The van der Waals surface area contributed by atoms with E-state index in [1.165, 1.54) is 0 Å². The van der Waals surface area contributed by atoms with Crippen molar-refractivity contribution in [2.24, 2.45) is 0 Å². The summed E-state index contributed by atoms with van der Waals surface area (Å²) in [6, 6.07) is 7.90. The molecule has 0 aliphatic carbocycles. The highest BCUT2D eigenvalue weighted by Gasteiger charge is 2.14. The summed E-state index contributed by atoms with van der Waals surface area (Å²) in [5.41, 5.74) is 1.18. The second-order valence-corrected chi connectivity index (χ2v) is 5.41. The minimum Gasteiger partial charge on any atom is -0.481 e. The van der Waals surface area contributed by atoms with Gasteiger partial charge in [0.2, 0.25) is 11.8 Å². The average Bonchev–Trinajstić information content (AvgIpc) is 2.51. The van der Waals surface area contributed by atoms with Gasteiger partial charge in [-0.25, -0.2) is 4.98 Å². The molecule has 7 heteroatoms. The van der Waals surface area contributed by atoms with Crippen molar-refractivity contribution in [1.29, 1.82) is 0 Å². The van der Waals surface area contributed by atoms with Crippen LogP contribution in [0.3, 0.4) is 0 Å². The highest BCUT2D eigenvalue weighted by Crippen LogP contribution is 2.25. The number of rotatable bonds is 5. The number of nitrogens with one attached hydrogen (secondary N) is 2. The zero-order valence-corrected chi connectivity index (χ0v) is 13.6. The molecule has 2 aromatic rings. The number of hydrogen-bond acceptors (Lipinski definition) is 4. The summed E-state index contributed by atoms with van der Waals surface area (Å²) in [4.78, 5) is 16.2. The molecule has 2 rings (SSSR count). The fraction of sp³-hybridized carbons (Fsp3) is 0.200. The molecule has 22 heavy (non-hydrogen) atoms. The van der Waals surface area contributed by atoms with E-state index in [1.54, 1.807) is 50.6 Å². The number of halogens is 2. The van der Waals surface area contributed by atoms with Crippen molar-refractivity contribution in [3.8, 4) is 5.88 Å². The molecule has 116 valence electrons. The standard InChI is InChI=1S/C15H15Cl2N3O2/c1-9(19-11-4-6-14(22-2)18-8-11)15(21)20-13-7-10(16)3-5-12(13)17/h3-9,19H,1-2H3,(H,20,21)/t9-/m0/s1. The van der Waals surface area contributed by atoms with Gasteiger partial charge in [-0.3, -0.25) is 4.79 Å². The molecular formula is C15H15Cl2N3O2. The van der Waals surface area contributed by atoms with Crippen molar-refractivity contribution in [2.45, 2.75) is 13.0 Å². The van der Waals surface area contributed by atoms with E-state index in [1.807, 2.05) is 0 Å². The molecule has 1 aromatic heterocycles. The van der Waals surface area contributed by atoms with Crippen LogP contribution in [0.15, 0.2) is 36.5 Å². The molecular weight excluding hydrogens is 325 g/mol. The molecule has 0 saturated heterocycles. The number of carbonyl (C=O) groups excluding carboxylic acids is 1. The number of aromatic nitrogens is 1. The van der Waals surface area contributed by atoms with Gasteiger partial charge in [-0.15, -0.1) is 0 Å². The molecule has 1 atom stereocenters. The summed E-state index contributed by atoms with van der Waals surface area (Å²) in [5.74, 6) is 0.272. The number of hydrogen-bond donors (Lipinski definition) is 2. The second-order valence-electron chi connectivity index (χ2n) is 4.57. The number of pyridine rings is 1. The van der Waals surface area contributed by atoms with E-state index in [2.05, 4.69) is 15.6 Å². The largest absolute Gasteiger partial charge is 0.481 e. The predicted molar refractivity (Wildman–Crippen MR) is 89.0 cm³/mol.